The van der Waals surface area contributed by atoms with Gasteiger partial charge in [0.15, 0.2) is 0 Å². The summed E-state index contributed by atoms with van der Waals surface area (Å²) in [6.45, 7) is 2.28. The third-order valence-electron chi connectivity index (χ3n) is 2.98. The van der Waals surface area contributed by atoms with Crippen LogP contribution in [0.1, 0.15) is 25.7 Å². The second-order valence-electron chi connectivity index (χ2n) is 4.07. The topological polar surface area (TPSA) is 29.3 Å². The lowest BCUT2D eigenvalue weighted by molar-refractivity contribution is 0.726. The van der Waals surface area contributed by atoms with Gasteiger partial charge in [0, 0.05) is 17.6 Å². The van der Waals surface area contributed by atoms with E-state index in [1.807, 2.05) is 6.07 Å². The van der Waals surface area contributed by atoms with E-state index in [-0.39, 0.29) is 0 Å². The monoisotopic (exact) mass is 268 g/mol. The fourth-order valence-electron chi connectivity index (χ4n) is 2.11. The summed E-state index contributed by atoms with van der Waals surface area (Å²) in [6.07, 6.45) is 5.27. The number of benzene rings is 1. The van der Waals surface area contributed by atoms with Gasteiger partial charge in [-0.25, -0.2) is 0 Å². The van der Waals surface area contributed by atoms with Gasteiger partial charge in [-0.05, 0) is 40.9 Å². The van der Waals surface area contributed by atoms with Crippen molar-refractivity contribution in [1.82, 2.24) is 0 Å². The van der Waals surface area contributed by atoms with Crippen LogP contribution in [0.5, 0.6) is 0 Å². The predicted molar refractivity (Wildman–Crippen MR) is 69.2 cm³/mol. The van der Waals surface area contributed by atoms with Crippen LogP contribution >= 0.6 is 15.9 Å². The molecule has 3 heteroatoms. The summed E-state index contributed by atoms with van der Waals surface area (Å²) in [5, 5.41) is 0. The Balaban J connectivity index is 2.23. The number of halogens is 1. The number of nitrogens with zero attached hydrogens (tertiary/aromatic N) is 1. The highest BCUT2D eigenvalue weighted by atomic mass is 79.9. The fourth-order valence-corrected chi connectivity index (χ4v) is 2.47. The van der Waals surface area contributed by atoms with Gasteiger partial charge < -0.3 is 10.6 Å². The molecular formula is C12H17BrN2. The van der Waals surface area contributed by atoms with E-state index in [9.17, 15) is 0 Å². The van der Waals surface area contributed by atoms with Crippen molar-refractivity contribution < 1.29 is 0 Å². The molecule has 0 radical (unpaired) electrons. The number of nitrogens with two attached hydrogens (primary N) is 1. The molecule has 0 aliphatic carbocycles. The zero-order chi connectivity index (χ0) is 10.7. The molecule has 1 fully saturated rings. The number of rotatable bonds is 1. The molecule has 0 spiro atoms. The lowest BCUT2D eigenvalue weighted by Crippen LogP contribution is -2.24. The Labute approximate surface area is 99.6 Å². The SMILES string of the molecule is Nc1c(Br)cccc1N1CCCCCC1. The van der Waals surface area contributed by atoms with Crippen molar-refractivity contribution in [2.24, 2.45) is 0 Å². The van der Waals surface area contributed by atoms with Gasteiger partial charge in [0.05, 0.1) is 11.4 Å². The van der Waals surface area contributed by atoms with Crippen LogP contribution in [0, 0.1) is 0 Å². The third kappa shape index (κ3) is 2.46. The average molecular weight is 269 g/mol. The molecule has 0 atom stereocenters. The summed E-state index contributed by atoms with van der Waals surface area (Å²) in [6, 6.07) is 6.17. The molecule has 1 aliphatic heterocycles. The first-order valence-electron chi connectivity index (χ1n) is 5.58. The molecule has 1 aromatic carbocycles. The van der Waals surface area contributed by atoms with Gasteiger partial charge in [-0.2, -0.15) is 0 Å². The molecule has 2 nitrogen and oxygen atoms in total. The maximum absolute atomic E-state index is 6.08. The second kappa shape index (κ2) is 4.88. The zero-order valence-corrected chi connectivity index (χ0v) is 10.5. The van der Waals surface area contributed by atoms with Crippen molar-refractivity contribution in [3.05, 3.63) is 22.7 Å². The summed E-state index contributed by atoms with van der Waals surface area (Å²) in [4.78, 5) is 2.41. The van der Waals surface area contributed by atoms with Crippen molar-refractivity contribution >= 4 is 27.3 Å². The maximum atomic E-state index is 6.08. The van der Waals surface area contributed by atoms with Crippen LogP contribution in [0.25, 0.3) is 0 Å². The van der Waals surface area contributed by atoms with Gasteiger partial charge >= 0.3 is 0 Å². The standard InChI is InChI=1S/C12H17BrN2/c13-10-6-5-7-11(12(10)14)15-8-3-1-2-4-9-15/h5-7H,1-4,8-9,14H2. The van der Waals surface area contributed by atoms with E-state index in [0.29, 0.717) is 0 Å². The smallest absolute Gasteiger partial charge is 0.0696 e. The number of hydrogen-bond donors (Lipinski definition) is 1. The minimum Gasteiger partial charge on any atom is -0.396 e. The Bertz CT molecular complexity index is 330. The molecule has 0 amide bonds. The van der Waals surface area contributed by atoms with E-state index in [4.69, 9.17) is 5.73 Å². The third-order valence-corrected chi connectivity index (χ3v) is 3.67. The lowest BCUT2D eigenvalue weighted by atomic mass is 10.2. The predicted octanol–water partition coefficient (Wildman–Crippen LogP) is 3.41. The molecule has 1 aromatic rings. The van der Waals surface area contributed by atoms with Crippen LogP contribution in [-0.2, 0) is 0 Å². The summed E-state index contributed by atoms with van der Waals surface area (Å²) in [5.41, 5.74) is 8.14. The quantitative estimate of drug-likeness (QED) is 0.791. The molecule has 0 aromatic heterocycles. The van der Waals surface area contributed by atoms with Gasteiger partial charge in [-0.15, -0.1) is 0 Å². The zero-order valence-electron chi connectivity index (χ0n) is 8.88. The number of nitrogen functional groups attached to an aromatic ring is 1. The molecule has 1 saturated heterocycles. The molecule has 0 bridgehead atoms. The van der Waals surface area contributed by atoms with Crippen LogP contribution in [-0.4, -0.2) is 13.1 Å². The van der Waals surface area contributed by atoms with Gasteiger partial charge in [0.25, 0.3) is 0 Å². The minimum atomic E-state index is 0.874. The lowest BCUT2D eigenvalue weighted by Gasteiger charge is -2.24. The van der Waals surface area contributed by atoms with Crippen molar-refractivity contribution in [1.29, 1.82) is 0 Å². The highest BCUT2D eigenvalue weighted by Crippen LogP contribution is 2.31. The first kappa shape index (κ1) is 10.8. The summed E-state index contributed by atoms with van der Waals surface area (Å²) >= 11 is 3.48. The van der Waals surface area contributed by atoms with Crippen LogP contribution < -0.4 is 10.6 Å². The number of anilines is 2. The molecule has 15 heavy (non-hydrogen) atoms. The molecular weight excluding hydrogens is 252 g/mol. The fraction of sp³-hybridized carbons (Fsp3) is 0.500. The second-order valence-corrected chi connectivity index (χ2v) is 4.93. The Kier molecular flexibility index (Phi) is 3.52. The average Bonchev–Trinajstić information content (AvgIpc) is 2.50. The first-order valence-corrected chi connectivity index (χ1v) is 6.37. The Morgan fingerprint density at radius 1 is 1.07 bits per heavy atom. The molecule has 2 rings (SSSR count). The molecule has 1 heterocycles. The minimum absolute atomic E-state index is 0.874. The Hall–Kier alpha value is -0.700. The highest BCUT2D eigenvalue weighted by Gasteiger charge is 2.13. The molecule has 0 unspecified atom stereocenters. The largest absolute Gasteiger partial charge is 0.396 e. The van der Waals surface area contributed by atoms with Crippen molar-refractivity contribution in [3.63, 3.8) is 0 Å². The van der Waals surface area contributed by atoms with Crippen molar-refractivity contribution in [2.75, 3.05) is 23.7 Å². The summed E-state index contributed by atoms with van der Waals surface area (Å²) in [5.74, 6) is 0. The van der Waals surface area contributed by atoms with E-state index in [1.54, 1.807) is 0 Å². The van der Waals surface area contributed by atoms with E-state index < -0.39 is 0 Å². The summed E-state index contributed by atoms with van der Waals surface area (Å²) < 4.78 is 1.00. The number of hydrogen-bond acceptors (Lipinski definition) is 2. The van der Waals surface area contributed by atoms with E-state index in [2.05, 4.69) is 33.0 Å². The van der Waals surface area contributed by atoms with E-state index in [1.165, 1.54) is 31.4 Å². The Morgan fingerprint density at radius 3 is 2.40 bits per heavy atom. The summed E-state index contributed by atoms with van der Waals surface area (Å²) in [7, 11) is 0. The van der Waals surface area contributed by atoms with Gasteiger partial charge in [-0.1, -0.05) is 18.9 Å². The molecule has 2 N–H and O–H groups in total. The normalized spacial score (nSPS) is 17.5. The van der Waals surface area contributed by atoms with Crippen molar-refractivity contribution in [2.45, 2.75) is 25.7 Å². The van der Waals surface area contributed by atoms with Crippen molar-refractivity contribution in [3.8, 4) is 0 Å². The Morgan fingerprint density at radius 2 is 1.73 bits per heavy atom. The van der Waals surface area contributed by atoms with E-state index >= 15 is 0 Å². The van der Waals surface area contributed by atoms with E-state index in [0.717, 1.165) is 23.2 Å². The van der Waals surface area contributed by atoms with Crippen LogP contribution in [0.3, 0.4) is 0 Å². The maximum Gasteiger partial charge on any atom is 0.0696 e. The van der Waals surface area contributed by atoms with Crippen LogP contribution in [0.15, 0.2) is 22.7 Å². The number of para-hydroxylation sites is 1. The van der Waals surface area contributed by atoms with Gasteiger partial charge in [0.2, 0.25) is 0 Å². The van der Waals surface area contributed by atoms with Gasteiger partial charge in [0.1, 0.15) is 0 Å². The molecule has 82 valence electrons. The molecule has 1 aliphatic rings. The molecule has 0 saturated carbocycles. The first-order chi connectivity index (χ1) is 7.29. The highest BCUT2D eigenvalue weighted by molar-refractivity contribution is 9.10. The van der Waals surface area contributed by atoms with Crippen LogP contribution in [0.2, 0.25) is 0 Å². The van der Waals surface area contributed by atoms with Crippen LogP contribution in [0.4, 0.5) is 11.4 Å². The van der Waals surface area contributed by atoms with Gasteiger partial charge in [-0.3, -0.25) is 0 Å².